The van der Waals surface area contributed by atoms with Gasteiger partial charge in [-0.2, -0.15) is 0 Å². The number of nitrogens with one attached hydrogen (secondary N) is 1. The SMILES string of the molecule is Cc1cc(N(C)CC2CCCC2)c(CNC(C)C)cn1. The minimum absolute atomic E-state index is 0.504. The Kier molecular flexibility index (Phi) is 5.41. The van der Waals surface area contributed by atoms with Gasteiger partial charge in [-0.05, 0) is 31.7 Å². The molecule has 1 N–H and O–H groups in total. The van der Waals surface area contributed by atoms with Crippen LogP contribution in [-0.4, -0.2) is 24.6 Å². The smallest absolute Gasteiger partial charge is 0.0443 e. The summed E-state index contributed by atoms with van der Waals surface area (Å²) in [6.45, 7) is 8.52. The molecular weight excluding hydrogens is 246 g/mol. The highest BCUT2D eigenvalue weighted by Gasteiger charge is 2.18. The summed E-state index contributed by atoms with van der Waals surface area (Å²) >= 11 is 0. The molecule has 20 heavy (non-hydrogen) atoms. The summed E-state index contributed by atoms with van der Waals surface area (Å²) in [4.78, 5) is 6.90. The number of hydrogen-bond donors (Lipinski definition) is 1. The summed E-state index contributed by atoms with van der Waals surface area (Å²) < 4.78 is 0. The molecule has 0 atom stereocenters. The fraction of sp³-hybridized carbons (Fsp3) is 0.706. The maximum Gasteiger partial charge on any atom is 0.0443 e. The van der Waals surface area contributed by atoms with Gasteiger partial charge in [0.05, 0.1) is 0 Å². The van der Waals surface area contributed by atoms with E-state index in [-0.39, 0.29) is 0 Å². The molecular formula is C17H29N3. The predicted octanol–water partition coefficient (Wildman–Crippen LogP) is 3.51. The quantitative estimate of drug-likeness (QED) is 0.861. The number of nitrogens with zero attached hydrogens (tertiary/aromatic N) is 2. The van der Waals surface area contributed by atoms with Crippen molar-refractivity contribution in [3.63, 3.8) is 0 Å². The molecule has 1 aliphatic rings. The molecule has 1 aliphatic carbocycles. The number of pyridine rings is 1. The Morgan fingerprint density at radius 3 is 2.70 bits per heavy atom. The van der Waals surface area contributed by atoms with Crippen molar-refractivity contribution >= 4 is 5.69 Å². The molecule has 0 aliphatic heterocycles. The van der Waals surface area contributed by atoms with E-state index in [0.717, 1.165) is 18.2 Å². The van der Waals surface area contributed by atoms with Crippen LogP contribution in [0.15, 0.2) is 12.3 Å². The molecule has 1 fully saturated rings. The molecule has 1 aromatic heterocycles. The lowest BCUT2D eigenvalue weighted by Gasteiger charge is -2.26. The van der Waals surface area contributed by atoms with E-state index in [2.05, 4.69) is 49.1 Å². The van der Waals surface area contributed by atoms with E-state index in [0.29, 0.717) is 6.04 Å². The topological polar surface area (TPSA) is 28.2 Å². The molecule has 0 aromatic carbocycles. The van der Waals surface area contributed by atoms with Gasteiger partial charge in [0.2, 0.25) is 0 Å². The van der Waals surface area contributed by atoms with Crippen molar-refractivity contribution in [3.05, 3.63) is 23.5 Å². The first-order valence-corrected chi connectivity index (χ1v) is 7.96. The van der Waals surface area contributed by atoms with Crippen LogP contribution in [0, 0.1) is 12.8 Å². The van der Waals surface area contributed by atoms with Crippen LogP contribution in [0.4, 0.5) is 5.69 Å². The first-order chi connectivity index (χ1) is 9.56. The highest BCUT2D eigenvalue weighted by molar-refractivity contribution is 5.53. The van der Waals surface area contributed by atoms with Crippen molar-refractivity contribution in [2.45, 2.75) is 59.0 Å². The lowest BCUT2D eigenvalue weighted by Crippen LogP contribution is -2.28. The van der Waals surface area contributed by atoms with Gasteiger partial charge in [-0.1, -0.05) is 26.7 Å². The van der Waals surface area contributed by atoms with Crippen LogP contribution in [0.1, 0.15) is 50.8 Å². The number of anilines is 1. The average molecular weight is 275 g/mol. The molecule has 2 rings (SSSR count). The lowest BCUT2D eigenvalue weighted by molar-refractivity contribution is 0.543. The van der Waals surface area contributed by atoms with Crippen LogP contribution in [-0.2, 0) is 6.54 Å². The Balaban J connectivity index is 2.08. The minimum atomic E-state index is 0.504. The van der Waals surface area contributed by atoms with E-state index in [4.69, 9.17) is 0 Å². The summed E-state index contributed by atoms with van der Waals surface area (Å²) in [5, 5.41) is 3.50. The van der Waals surface area contributed by atoms with Gasteiger partial charge >= 0.3 is 0 Å². The second-order valence-electron chi connectivity index (χ2n) is 6.52. The molecule has 0 unspecified atom stereocenters. The van der Waals surface area contributed by atoms with Crippen LogP contribution in [0.3, 0.4) is 0 Å². The molecule has 0 amide bonds. The molecule has 0 radical (unpaired) electrons. The van der Waals surface area contributed by atoms with E-state index in [1.165, 1.54) is 43.5 Å². The van der Waals surface area contributed by atoms with Gasteiger partial charge in [-0.15, -0.1) is 0 Å². The van der Waals surface area contributed by atoms with Gasteiger partial charge in [0.25, 0.3) is 0 Å². The van der Waals surface area contributed by atoms with Gasteiger partial charge in [0.1, 0.15) is 0 Å². The Hall–Kier alpha value is -1.09. The molecule has 3 heteroatoms. The second kappa shape index (κ2) is 7.07. The van der Waals surface area contributed by atoms with E-state index < -0.39 is 0 Å². The van der Waals surface area contributed by atoms with Gasteiger partial charge in [0, 0.05) is 49.3 Å². The third-order valence-corrected chi connectivity index (χ3v) is 4.22. The Labute approximate surface area is 123 Å². The van der Waals surface area contributed by atoms with Crippen molar-refractivity contribution in [2.24, 2.45) is 5.92 Å². The van der Waals surface area contributed by atoms with Crippen LogP contribution in [0.25, 0.3) is 0 Å². The summed E-state index contributed by atoms with van der Waals surface area (Å²) in [6, 6.07) is 2.73. The van der Waals surface area contributed by atoms with Crippen molar-refractivity contribution in [1.82, 2.24) is 10.3 Å². The number of aryl methyl sites for hydroxylation is 1. The van der Waals surface area contributed by atoms with E-state index >= 15 is 0 Å². The van der Waals surface area contributed by atoms with Crippen molar-refractivity contribution in [2.75, 3.05) is 18.5 Å². The Morgan fingerprint density at radius 2 is 2.05 bits per heavy atom. The lowest BCUT2D eigenvalue weighted by atomic mass is 10.1. The molecule has 1 saturated carbocycles. The van der Waals surface area contributed by atoms with Crippen LogP contribution in [0.2, 0.25) is 0 Å². The number of aromatic nitrogens is 1. The normalized spacial score (nSPS) is 16.1. The first kappa shape index (κ1) is 15.3. The summed E-state index contributed by atoms with van der Waals surface area (Å²) in [6.07, 6.45) is 7.65. The van der Waals surface area contributed by atoms with Crippen LogP contribution >= 0.6 is 0 Å². The zero-order valence-corrected chi connectivity index (χ0v) is 13.4. The largest absolute Gasteiger partial charge is 0.374 e. The predicted molar refractivity (Wildman–Crippen MR) is 86.2 cm³/mol. The Bertz CT molecular complexity index is 422. The molecule has 3 nitrogen and oxygen atoms in total. The average Bonchev–Trinajstić information content (AvgIpc) is 2.89. The maximum absolute atomic E-state index is 4.47. The van der Waals surface area contributed by atoms with Crippen molar-refractivity contribution in [1.29, 1.82) is 0 Å². The zero-order valence-electron chi connectivity index (χ0n) is 13.4. The monoisotopic (exact) mass is 275 g/mol. The molecule has 1 heterocycles. The van der Waals surface area contributed by atoms with Gasteiger partial charge in [0.15, 0.2) is 0 Å². The van der Waals surface area contributed by atoms with Crippen molar-refractivity contribution in [3.8, 4) is 0 Å². The highest BCUT2D eigenvalue weighted by atomic mass is 15.1. The minimum Gasteiger partial charge on any atom is -0.374 e. The van der Waals surface area contributed by atoms with Gasteiger partial charge in [-0.25, -0.2) is 0 Å². The first-order valence-electron chi connectivity index (χ1n) is 7.96. The standard InChI is InChI=1S/C17H29N3/c1-13(2)18-10-16-11-19-14(3)9-17(16)20(4)12-15-7-5-6-8-15/h9,11,13,15,18H,5-8,10,12H2,1-4H3. The van der Waals surface area contributed by atoms with Gasteiger partial charge < -0.3 is 10.2 Å². The van der Waals surface area contributed by atoms with E-state index in [9.17, 15) is 0 Å². The third-order valence-electron chi connectivity index (χ3n) is 4.22. The maximum atomic E-state index is 4.47. The van der Waals surface area contributed by atoms with Crippen LogP contribution < -0.4 is 10.2 Å². The summed E-state index contributed by atoms with van der Waals surface area (Å²) in [7, 11) is 2.23. The van der Waals surface area contributed by atoms with Gasteiger partial charge in [-0.3, -0.25) is 4.98 Å². The highest BCUT2D eigenvalue weighted by Crippen LogP contribution is 2.28. The van der Waals surface area contributed by atoms with E-state index in [1.807, 2.05) is 6.20 Å². The molecule has 0 saturated heterocycles. The fourth-order valence-electron chi connectivity index (χ4n) is 3.06. The second-order valence-corrected chi connectivity index (χ2v) is 6.52. The molecule has 1 aromatic rings. The summed E-state index contributed by atoms with van der Waals surface area (Å²) in [5.41, 5.74) is 3.76. The summed E-state index contributed by atoms with van der Waals surface area (Å²) in [5.74, 6) is 0.874. The molecule has 112 valence electrons. The molecule has 0 bridgehead atoms. The number of hydrogen-bond acceptors (Lipinski definition) is 3. The molecule has 0 spiro atoms. The third kappa shape index (κ3) is 4.20. The van der Waals surface area contributed by atoms with E-state index in [1.54, 1.807) is 0 Å². The number of rotatable bonds is 6. The van der Waals surface area contributed by atoms with Crippen LogP contribution in [0.5, 0.6) is 0 Å². The Morgan fingerprint density at radius 1 is 1.35 bits per heavy atom. The zero-order chi connectivity index (χ0) is 14.5. The van der Waals surface area contributed by atoms with Crippen molar-refractivity contribution < 1.29 is 0 Å². The fourth-order valence-corrected chi connectivity index (χ4v) is 3.06.